The molecule has 1 aromatic carbocycles. The Morgan fingerprint density at radius 2 is 2.12 bits per heavy atom. The number of amides is 1. The standard InChI is InChI=1S/C17H21N3O4/c1-2-24-15(22)9-11-5-7-20(8-6-11)17(23)16-13-10-12(21)3-4-14(13)18-19-16/h3-4,10-11,21H,2,5-9H2,1H3,(H,18,19). The van der Waals surface area contributed by atoms with Gasteiger partial charge in [0.1, 0.15) is 5.75 Å². The molecule has 1 aliphatic rings. The number of benzene rings is 1. The smallest absolute Gasteiger partial charge is 0.306 e. The summed E-state index contributed by atoms with van der Waals surface area (Å²) in [6, 6.07) is 4.79. The van der Waals surface area contributed by atoms with Crippen LogP contribution in [0.3, 0.4) is 0 Å². The van der Waals surface area contributed by atoms with Crippen LogP contribution in [0.25, 0.3) is 10.9 Å². The molecule has 0 bridgehead atoms. The molecule has 2 heterocycles. The quantitative estimate of drug-likeness (QED) is 0.836. The number of nitrogens with zero attached hydrogens (tertiary/aromatic N) is 2. The molecule has 0 saturated carbocycles. The van der Waals surface area contributed by atoms with Crippen molar-refractivity contribution in [2.24, 2.45) is 5.92 Å². The Morgan fingerprint density at radius 1 is 1.38 bits per heavy atom. The first kappa shape index (κ1) is 16.3. The Bertz CT molecular complexity index is 747. The molecule has 7 nitrogen and oxygen atoms in total. The minimum Gasteiger partial charge on any atom is -0.508 e. The molecule has 1 saturated heterocycles. The van der Waals surface area contributed by atoms with Crippen LogP contribution in [0.2, 0.25) is 0 Å². The molecule has 0 atom stereocenters. The van der Waals surface area contributed by atoms with Gasteiger partial charge in [-0.05, 0) is 43.9 Å². The van der Waals surface area contributed by atoms with Crippen molar-refractivity contribution in [3.63, 3.8) is 0 Å². The third-order valence-electron chi connectivity index (χ3n) is 4.41. The van der Waals surface area contributed by atoms with Gasteiger partial charge >= 0.3 is 5.97 Å². The number of nitrogens with one attached hydrogen (secondary N) is 1. The van der Waals surface area contributed by atoms with Crippen molar-refractivity contribution in [2.75, 3.05) is 19.7 Å². The Hall–Kier alpha value is -2.57. The summed E-state index contributed by atoms with van der Waals surface area (Å²) in [6.07, 6.45) is 1.96. The first-order valence-corrected chi connectivity index (χ1v) is 8.20. The molecule has 7 heteroatoms. The first-order valence-electron chi connectivity index (χ1n) is 8.20. The predicted molar refractivity (Wildman–Crippen MR) is 87.6 cm³/mol. The lowest BCUT2D eigenvalue weighted by Gasteiger charge is -2.31. The van der Waals surface area contributed by atoms with E-state index in [4.69, 9.17) is 4.74 Å². The van der Waals surface area contributed by atoms with E-state index in [1.165, 1.54) is 0 Å². The van der Waals surface area contributed by atoms with Crippen molar-refractivity contribution in [1.29, 1.82) is 0 Å². The Kier molecular flexibility index (Phi) is 4.69. The summed E-state index contributed by atoms with van der Waals surface area (Å²) in [6.45, 7) is 3.38. The van der Waals surface area contributed by atoms with Gasteiger partial charge in [-0.1, -0.05) is 0 Å². The van der Waals surface area contributed by atoms with Gasteiger partial charge in [0.25, 0.3) is 5.91 Å². The van der Waals surface area contributed by atoms with E-state index in [9.17, 15) is 14.7 Å². The van der Waals surface area contributed by atoms with Crippen LogP contribution in [0.15, 0.2) is 18.2 Å². The molecule has 1 fully saturated rings. The number of piperidine rings is 1. The van der Waals surface area contributed by atoms with Gasteiger partial charge in [-0.15, -0.1) is 0 Å². The number of aromatic hydroxyl groups is 1. The first-order chi connectivity index (χ1) is 11.6. The van der Waals surface area contributed by atoms with Crippen LogP contribution in [0.4, 0.5) is 0 Å². The van der Waals surface area contributed by atoms with E-state index in [1.807, 2.05) is 0 Å². The van der Waals surface area contributed by atoms with Crippen LogP contribution in [-0.4, -0.2) is 51.8 Å². The number of phenolic OH excluding ortho intramolecular Hbond substituents is 1. The summed E-state index contributed by atoms with van der Waals surface area (Å²) < 4.78 is 4.98. The van der Waals surface area contributed by atoms with Crippen molar-refractivity contribution in [1.82, 2.24) is 15.1 Å². The fourth-order valence-electron chi connectivity index (χ4n) is 3.11. The molecule has 0 radical (unpaired) electrons. The largest absolute Gasteiger partial charge is 0.508 e. The number of phenols is 1. The molecule has 2 aromatic rings. The maximum Gasteiger partial charge on any atom is 0.306 e. The molecule has 2 N–H and O–H groups in total. The molecule has 3 rings (SSSR count). The summed E-state index contributed by atoms with van der Waals surface area (Å²) >= 11 is 0. The number of esters is 1. The highest BCUT2D eigenvalue weighted by Crippen LogP contribution is 2.25. The molecule has 0 spiro atoms. The number of aromatic amines is 1. The average Bonchev–Trinajstić information content (AvgIpc) is 2.98. The Morgan fingerprint density at radius 3 is 2.83 bits per heavy atom. The number of aromatic nitrogens is 2. The molecular weight excluding hydrogens is 310 g/mol. The molecule has 0 aliphatic carbocycles. The summed E-state index contributed by atoms with van der Waals surface area (Å²) in [4.78, 5) is 26.0. The minimum atomic E-state index is -0.170. The second-order valence-electron chi connectivity index (χ2n) is 6.05. The Balaban J connectivity index is 1.64. The van der Waals surface area contributed by atoms with Gasteiger partial charge in [0.2, 0.25) is 0 Å². The van der Waals surface area contributed by atoms with E-state index >= 15 is 0 Å². The highest BCUT2D eigenvalue weighted by molar-refractivity contribution is 6.05. The number of hydrogen-bond acceptors (Lipinski definition) is 5. The van der Waals surface area contributed by atoms with E-state index in [0.29, 0.717) is 42.7 Å². The molecule has 128 valence electrons. The van der Waals surface area contributed by atoms with Gasteiger partial charge in [0.05, 0.1) is 12.1 Å². The van der Waals surface area contributed by atoms with Crippen LogP contribution in [0.5, 0.6) is 5.75 Å². The van der Waals surface area contributed by atoms with Crippen molar-refractivity contribution < 1.29 is 19.4 Å². The second-order valence-corrected chi connectivity index (χ2v) is 6.05. The van der Waals surface area contributed by atoms with Crippen LogP contribution in [0, 0.1) is 5.92 Å². The maximum absolute atomic E-state index is 12.7. The molecule has 1 amide bonds. The molecule has 1 aliphatic heterocycles. The fourth-order valence-corrected chi connectivity index (χ4v) is 3.11. The zero-order valence-corrected chi connectivity index (χ0v) is 13.6. The van der Waals surface area contributed by atoms with E-state index in [0.717, 1.165) is 12.8 Å². The van der Waals surface area contributed by atoms with E-state index < -0.39 is 0 Å². The lowest BCUT2D eigenvalue weighted by molar-refractivity contribution is -0.144. The highest BCUT2D eigenvalue weighted by Gasteiger charge is 2.27. The number of carbonyl (C=O) groups excluding carboxylic acids is 2. The van der Waals surface area contributed by atoms with Crippen molar-refractivity contribution in [3.05, 3.63) is 23.9 Å². The van der Waals surface area contributed by atoms with Crippen molar-refractivity contribution in [3.8, 4) is 5.75 Å². The van der Waals surface area contributed by atoms with Gasteiger partial charge in [-0.3, -0.25) is 14.7 Å². The van der Waals surface area contributed by atoms with Gasteiger partial charge < -0.3 is 14.7 Å². The summed E-state index contributed by atoms with van der Waals surface area (Å²) in [7, 11) is 0. The lowest BCUT2D eigenvalue weighted by Crippen LogP contribution is -2.39. The second kappa shape index (κ2) is 6.90. The Labute approximate surface area is 139 Å². The number of hydrogen-bond donors (Lipinski definition) is 2. The van der Waals surface area contributed by atoms with Gasteiger partial charge in [0, 0.05) is 24.9 Å². The van der Waals surface area contributed by atoms with E-state index in [2.05, 4.69) is 10.2 Å². The van der Waals surface area contributed by atoms with Gasteiger partial charge in [-0.2, -0.15) is 5.10 Å². The third-order valence-corrected chi connectivity index (χ3v) is 4.41. The molecule has 1 aromatic heterocycles. The normalized spacial score (nSPS) is 15.6. The maximum atomic E-state index is 12.7. The minimum absolute atomic E-state index is 0.103. The number of ether oxygens (including phenoxy) is 1. The van der Waals surface area contributed by atoms with Crippen LogP contribution >= 0.6 is 0 Å². The van der Waals surface area contributed by atoms with Gasteiger partial charge in [0.15, 0.2) is 5.69 Å². The van der Waals surface area contributed by atoms with E-state index in [1.54, 1.807) is 30.0 Å². The van der Waals surface area contributed by atoms with Crippen molar-refractivity contribution in [2.45, 2.75) is 26.2 Å². The van der Waals surface area contributed by atoms with Crippen LogP contribution in [0.1, 0.15) is 36.7 Å². The molecule has 0 unspecified atom stereocenters. The summed E-state index contributed by atoms with van der Waals surface area (Å²) in [5.74, 6) is 0.0386. The van der Waals surface area contributed by atoms with E-state index in [-0.39, 0.29) is 23.5 Å². The predicted octanol–water partition coefficient (Wildman–Crippen LogP) is 2.07. The van der Waals surface area contributed by atoms with Crippen LogP contribution < -0.4 is 0 Å². The molecule has 24 heavy (non-hydrogen) atoms. The summed E-state index contributed by atoms with van der Waals surface area (Å²) in [5.41, 5.74) is 1.04. The van der Waals surface area contributed by atoms with Gasteiger partial charge in [-0.25, -0.2) is 0 Å². The lowest BCUT2D eigenvalue weighted by atomic mass is 9.93. The van der Waals surface area contributed by atoms with Crippen LogP contribution in [-0.2, 0) is 9.53 Å². The van der Waals surface area contributed by atoms with Crippen molar-refractivity contribution >= 4 is 22.8 Å². The molecular formula is C17H21N3O4. The fraction of sp³-hybridized carbons (Fsp3) is 0.471. The number of H-pyrrole nitrogens is 1. The SMILES string of the molecule is CCOC(=O)CC1CCN(C(=O)c2n[nH]c3ccc(O)cc23)CC1. The zero-order chi connectivity index (χ0) is 17.1. The number of fused-ring (bicyclic) bond motifs is 1. The number of likely N-dealkylation sites (tertiary alicyclic amines) is 1. The third kappa shape index (κ3) is 3.34. The average molecular weight is 331 g/mol. The highest BCUT2D eigenvalue weighted by atomic mass is 16.5. The monoisotopic (exact) mass is 331 g/mol. The number of carbonyl (C=O) groups is 2. The zero-order valence-electron chi connectivity index (χ0n) is 13.6. The topological polar surface area (TPSA) is 95.5 Å². The number of rotatable bonds is 4. The summed E-state index contributed by atoms with van der Waals surface area (Å²) in [5, 5.41) is 17.2.